The topological polar surface area (TPSA) is 68.0 Å². The van der Waals surface area contributed by atoms with Crippen molar-refractivity contribution in [1.82, 2.24) is 4.90 Å². The van der Waals surface area contributed by atoms with Crippen LogP contribution in [0, 0.1) is 0 Å². The van der Waals surface area contributed by atoms with Crippen molar-refractivity contribution >= 4 is 22.4 Å². The Kier molecular flexibility index (Phi) is 5.96. The molecule has 0 saturated carbocycles. The predicted octanol–water partition coefficient (Wildman–Crippen LogP) is 4.18. The van der Waals surface area contributed by atoms with Crippen LogP contribution >= 0.6 is 0 Å². The quantitative estimate of drug-likeness (QED) is 0.605. The molecule has 0 spiro atoms. The number of nitrogens with zero attached hydrogens (tertiary/aromatic N) is 2. The standard InChI is InChI=1S/C29H33N3O3/c1-19-16-32(26-8-6-23-18-34-17-22-3-2-4-25(26)28(22)23)13-12-31(19)11-9-27-24-7-5-21(29(30)33)15-20(24)10-14-35-27/h2-8,15,19,27H,9-14,16-18H2,1H3,(H2,30,33)/t19-,27+/m1/s1. The van der Waals surface area contributed by atoms with Gasteiger partial charge in [0.25, 0.3) is 0 Å². The van der Waals surface area contributed by atoms with Gasteiger partial charge in [0.1, 0.15) is 0 Å². The van der Waals surface area contributed by atoms with Crippen LogP contribution < -0.4 is 10.6 Å². The lowest BCUT2D eigenvalue weighted by Gasteiger charge is -2.42. The van der Waals surface area contributed by atoms with Crippen LogP contribution in [0.25, 0.3) is 10.8 Å². The Balaban J connectivity index is 1.14. The molecule has 3 heterocycles. The summed E-state index contributed by atoms with van der Waals surface area (Å²) in [5.74, 6) is -0.369. The Morgan fingerprint density at radius 2 is 1.91 bits per heavy atom. The van der Waals surface area contributed by atoms with Crippen molar-refractivity contribution in [3.05, 3.63) is 76.3 Å². The van der Waals surface area contributed by atoms with Crippen LogP contribution in [-0.2, 0) is 29.1 Å². The van der Waals surface area contributed by atoms with Crippen molar-refractivity contribution < 1.29 is 14.3 Å². The molecule has 2 N–H and O–H groups in total. The largest absolute Gasteiger partial charge is 0.373 e. The monoisotopic (exact) mass is 471 g/mol. The number of hydrogen-bond donors (Lipinski definition) is 1. The number of hydrogen-bond acceptors (Lipinski definition) is 5. The predicted molar refractivity (Wildman–Crippen MR) is 138 cm³/mol. The number of primary amides is 1. The summed E-state index contributed by atoms with van der Waals surface area (Å²) in [6.45, 7) is 8.50. The number of benzene rings is 3. The van der Waals surface area contributed by atoms with Crippen molar-refractivity contribution in [2.24, 2.45) is 5.73 Å². The molecule has 3 aliphatic rings. The molecule has 0 aromatic heterocycles. The van der Waals surface area contributed by atoms with Gasteiger partial charge in [-0.3, -0.25) is 9.69 Å². The highest BCUT2D eigenvalue weighted by Crippen LogP contribution is 2.36. The van der Waals surface area contributed by atoms with Gasteiger partial charge in [0.2, 0.25) is 5.91 Å². The molecule has 2 atom stereocenters. The zero-order chi connectivity index (χ0) is 23.9. The van der Waals surface area contributed by atoms with E-state index in [9.17, 15) is 4.79 Å². The highest BCUT2D eigenvalue weighted by Gasteiger charge is 2.28. The van der Waals surface area contributed by atoms with E-state index in [4.69, 9.17) is 15.2 Å². The molecule has 3 aromatic rings. The third kappa shape index (κ3) is 4.20. The number of rotatable bonds is 5. The fraction of sp³-hybridized carbons (Fsp3) is 0.414. The zero-order valence-corrected chi connectivity index (χ0v) is 20.3. The fourth-order valence-electron chi connectivity index (χ4n) is 6.09. The Bertz CT molecular complexity index is 1260. The second-order valence-electron chi connectivity index (χ2n) is 10.1. The molecule has 0 aliphatic carbocycles. The highest BCUT2D eigenvalue weighted by molar-refractivity contribution is 5.99. The summed E-state index contributed by atoms with van der Waals surface area (Å²) in [6, 6.07) is 17.4. The average Bonchev–Trinajstić information content (AvgIpc) is 2.88. The van der Waals surface area contributed by atoms with Gasteiger partial charge in [-0.05, 0) is 65.6 Å². The number of carbonyl (C=O) groups is 1. The van der Waals surface area contributed by atoms with E-state index < -0.39 is 0 Å². The van der Waals surface area contributed by atoms with Crippen molar-refractivity contribution in [2.45, 2.75) is 45.1 Å². The van der Waals surface area contributed by atoms with E-state index >= 15 is 0 Å². The minimum absolute atomic E-state index is 0.0774. The lowest BCUT2D eigenvalue weighted by atomic mass is 9.93. The summed E-state index contributed by atoms with van der Waals surface area (Å²) in [4.78, 5) is 16.7. The zero-order valence-electron chi connectivity index (χ0n) is 20.3. The molecule has 1 saturated heterocycles. The van der Waals surface area contributed by atoms with Crippen LogP contribution in [0.1, 0.15) is 52.1 Å². The van der Waals surface area contributed by atoms with E-state index in [1.165, 1.54) is 38.7 Å². The molecule has 0 bridgehead atoms. The Morgan fingerprint density at radius 3 is 2.74 bits per heavy atom. The third-order valence-electron chi connectivity index (χ3n) is 7.95. The van der Waals surface area contributed by atoms with Crippen molar-refractivity contribution in [3.8, 4) is 0 Å². The molecule has 3 aliphatic heterocycles. The molecule has 1 fully saturated rings. The summed E-state index contributed by atoms with van der Waals surface area (Å²) in [5.41, 5.74) is 12.4. The number of amides is 1. The number of nitrogens with two attached hydrogens (primary N) is 1. The van der Waals surface area contributed by atoms with E-state index in [1.54, 1.807) is 0 Å². The molecule has 3 aromatic carbocycles. The number of anilines is 1. The van der Waals surface area contributed by atoms with Crippen LogP contribution in [0.2, 0.25) is 0 Å². The van der Waals surface area contributed by atoms with Crippen LogP contribution in [-0.4, -0.2) is 49.6 Å². The fourth-order valence-corrected chi connectivity index (χ4v) is 6.09. The number of fused-ring (bicyclic) bond motifs is 1. The second-order valence-corrected chi connectivity index (χ2v) is 10.1. The maximum atomic E-state index is 11.6. The summed E-state index contributed by atoms with van der Waals surface area (Å²) in [5, 5.41) is 2.74. The molecular formula is C29H33N3O3. The second kappa shape index (κ2) is 9.26. The van der Waals surface area contributed by atoms with Gasteiger partial charge in [-0.25, -0.2) is 0 Å². The number of ether oxygens (including phenoxy) is 2. The first-order chi connectivity index (χ1) is 17.1. The molecule has 0 radical (unpaired) electrons. The summed E-state index contributed by atoms with van der Waals surface area (Å²) in [7, 11) is 0. The summed E-state index contributed by atoms with van der Waals surface area (Å²) >= 11 is 0. The summed E-state index contributed by atoms with van der Waals surface area (Å²) < 4.78 is 11.9. The van der Waals surface area contributed by atoms with Gasteiger partial charge in [-0.1, -0.05) is 30.3 Å². The Labute approximate surface area is 206 Å². The maximum absolute atomic E-state index is 11.6. The molecule has 0 unspecified atom stereocenters. The van der Waals surface area contributed by atoms with Crippen LogP contribution in [0.4, 0.5) is 5.69 Å². The van der Waals surface area contributed by atoms with Crippen LogP contribution in [0.3, 0.4) is 0 Å². The average molecular weight is 472 g/mol. The van der Waals surface area contributed by atoms with Crippen LogP contribution in [0.15, 0.2) is 48.5 Å². The van der Waals surface area contributed by atoms with Gasteiger partial charge in [0, 0.05) is 48.9 Å². The van der Waals surface area contributed by atoms with E-state index in [0.29, 0.717) is 31.4 Å². The normalized spacial score (nSPS) is 22.3. The van der Waals surface area contributed by atoms with Crippen molar-refractivity contribution in [3.63, 3.8) is 0 Å². The highest BCUT2D eigenvalue weighted by atomic mass is 16.5. The Hall–Kier alpha value is -2.93. The van der Waals surface area contributed by atoms with Gasteiger partial charge in [-0.15, -0.1) is 0 Å². The number of carbonyl (C=O) groups excluding carboxylic acids is 1. The third-order valence-corrected chi connectivity index (χ3v) is 7.95. The van der Waals surface area contributed by atoms with E-state index in [1.807, 2.05) is 18.2 Å². The lowest BCUT2D eigenvalue weighted by molar-refractivity contribution is 0.0255. The molecule has 35 heavy (non-hydrogen) atoms. The van der Waals surface area contributed by atoms with E-state index in [-0.39, 0.29) is 12.0 Å². The first kappa shape index (κ1) is 22.5. The smallest absolute Gasteiger partial charge is 0.248 e. The first-order valence-corrected chi connectivity index (χ1v) is 12.7. The molecular weight excluding hydrogens is 438 g/mol. The maximum Gasteiger partial charge on any atom is 0.248 e. The number of piperazine rings is 1. The first-order valence-electron chi connectivity index (χ1n) is 12.7. The molecule has 1 amide bonds. The minimum atomic E-state index is -0.369. The van der Waals surface area contributed by atoms with Crippen LogP contribution in [0.5, 0.6) is 0 Å². The Morgan fingerprint density at radius 1 is 1.06 bits per heavy atom. The molecule has 6 heteroatoms. The van der Waals surface area contributed by atoms with Crippen molar-refractivity contribution in [1.29, 1.82) is 0 Å². The lowest BCUT2D eigenvalue weighted by Crippen LogP contribution is -2.52. The van der Waals surface area contributed by atoms with Gasteiger partial charge in [0.15, 0.2) is 0 Å². The SMILES string of the molecule is C[C@@H]1CN(c2ccc3c4c(cccc24)COC3)CCN1CC[C@@H]1OCCc2cc(C(N)=O)ccc21. The minimum Gasteiger partial charge on any atom is -0.373 e. The van der Waals surface area contributed by atoms with E-state index in [0.717, 1.165) is 39.0 Å². The van der Waals surface area contributed by atoms with Crippen molar-refractivity contribution in [2.75, 3.05) is 37.7 Å². The molecule has 6 rings (SSSR count). The molecule has 6 nitrogen and oxygen atoms in total. The van der Waals surface area contributed by atoms with E-state index in [2.05, 4.69) is 47.1 Å². The van der Waals surface area contributed by atoms with Gasteiger partial charge in [0.05, 0.1) is 25.9 Å². The molecule has 182 valence electrons. The summed E-state index contributed by atoms with van der Waals surface area (Å²) in [6.07, 6.45) is 1.87. The van der Waals surface area contributed by atoms with Gasteiger partial charge in [-0.2, -0.15) is 0 Å². The van der Waals surface area contributed by atoms with Gasteiger partial charge < -0.3 is 20.1 Å². The van der Waals surface area contributed by atoms with Gasteiger partial charge >= 0.3 is 0 Å².